The summed E-state index contributed by atoms with van der Waals surface area (Å²) in [4.78, 5) is 16.1. The Balaban J connectivity index is 1.63. The minimum absolute atomic E-state index is 0.785. The fourth-order valence-electron chi connectivity index (χ4n) is 3.03. The van der Waals surface area contributed by atoms with E-state index in [9.17, 15) is 0 Å². The molecule has 0 saturated carbocycles. The van der Waals surface area contributed by atoms with E-state index in [0.29, 0.717) is 0 Å². The molecule has 3 heterocycles. The monoisotopic (exact) mass is 380 g/mol. The van der Waals surface area contributed by atoms with Crippen LogP contribution in [0.2, 0.25) is 0 Å². The van der Waals surface area contributed by atoms with Gasteiger partial charge in [-0.1, -0.05) is 6.07 Å². The van der Waals surface area contributed by atoms with Crippen LogP contribution in [0.25, 0.3) is 10.9 Å². The number of thiophene rings is 1. The van der Waals surface area contributed by atoms with Gasteiger partial charge in [0, 0.05) is 21.6 Å². The van der Waals surface area contributed by atoms with Crippen LogP contribution in [-0.4, -0.2) is 15.0 Å². The number of hydrogen-bond donors (Lipinski definition) is 1. The first-order valence-electron chi connectivity index (χ1n) is 8.53. The molecular formula is C20H20N4S2. The summed E-state index contributed by atoms with van der Waals surface area (Å²) in [6.07, 6.45) is 2.52. The van der Waals surface area contributed by atoms with Crippen molar-refractivity contribution in [3.8, 4) is 0 Å². The van der Waals surface area contributed by atoms with E-state index in [2.05, 4.69) is 70.7 Å². The van der Waals surface area contributed by atoms with Crippen LogP contribution < -0.4 is 5.32 Å². The summed E-state index contributed by atoms with van der Waals surface area (Å²) in [5.41, 5.74) is 4.67. The van der Waals surface area contributed by atoms with Crippen molar-refractivity contribution >= 4 is 39.4 Å². The standard InChI is InChI=1S/C20H20N4S2/c1-12-6-7-25-19(12)10-21-20-16-8-15(4-5-17(16)22-11-23-20)9-18-13(2)24-14(3)26-18/h4-8,11H,9-10H2,1-3H3,(H,21,22,23). The second-order valence-electron chi connectivity index (χ2n) is 6.37. The summed E-state index contributed by atoms with van der Waals surface area (Å²) < 4.78 is 0. The largest absolute Gasteiger partial charge is 0.365 e. The van der Waals surface area contributed by atoms with Gasteiger partial charge in [0.25, 0.3) is 0 Å². The molecule has 0 aliphatic rings. The van der Waals surface area contributed by atoms with E-state index in [0.717, 1.165) is 40.4 Å². The fourth-order valence-corrected chi connectivity index (χ4v) is 4.84. The molecule has 0 bridgehead atoms. The maximum absolute atomic E-state index is 4.54. The third-order valence-electron chi connectivity index (χ3n) is 4.45. The van der Waals surface area contributed by atoms with Crippen molar-refractivity contribution in [3.63, 3.8) is 0 Å². The number of aryl methyl sites for hydroxylation is 3. The van der Waals surface area contributed by atoms with Crippen molar-refractivity contribution in [1.82, 2.24) is 15.0 Å². The van der Waals surface area contributed by atoms with Crippen LogP contribution in [0.4, 0.5) is 5.82 Å². The number of benzene rings is 1. The van der Waals surface area contributed by atoms with Gasteiger partial charge in [-0.25, -0.2) is 15.0 Å². The maximum Gasteiger partial charge on any atom is 0.137 e. The van der Waals surface area contributed by atoms with Gasteiger partial charge in [-0.05, 0) is 55.5 Å². The van der Waals surface area contributed by atoms with Crippen LogP contribution in [0.5, 0.6) is 0 Å². The van der Waals surface area contributed by atoms with E-state index in [-0.39, 0.29) is 0 Å². The Labute approximate surface area is 161 Å². The second-order valence-corrected chi connectivity index (χ2v) is 8.66. The Morgan fingerprint density at radius 3 is 2.65 bits per heavy atom. The molecule has 0 aliphatic carbocycles. The van der Waals surface area contributed by atoms with Crippen molar-refractivity contribution in [2.24, 2.45) is 0 Å². The van der Waals surface area contributed by atoms with Crippen molar-refractivity contribution < 1.29 is 0 Å². The van der Waals surface area contributed by atoms with Gasteiger partial charge in [0.15, 0.2) is 0 Å². The summed E-state index contributed by atoms with van der Waals surface area (Å²) in [5, 5.41) is 7.80. The molecule has 0 atom stereocenters. The predicted octanol–water partition coefficient (Wildman–Crippen LogP) is 5.28. The highest BCUT2D eigenvalue weighted by Gasteiger charge is 2.09. The summed E-state index contributed by atoms with van der Waals surface area (Å²) in [6, 6.07) is 8.58. The number of aromatic nitrogens is 3. The van der Waals surface area contributed by atoms with Gasteiger partial charge < -0.3 is 5.32 Å². The van der Waals surface area contributed by atoms with Gasteiger partial charge in [0.05, 0.1) is 22.8 Å². The molecule has 0 spiro atoms. The zero-order valence-corrected chi connectivity index (χ0v) is 16.7. The lowest BCUT2D eigenvalue weighted by Gasteiger charge is -2.09. The number of fused-ring (bicyclic) bond motifs is 1. The van der Waals surface area contributed by atoms with E-state index < -0.39 is 0 Å². The fraction of sp³-hybridized carbons (Fsp3) is 0.250. The van der Waals surface area contributed by atoms with E-state index in [1.165, 1.54) is 20.9 Å². The third kappa shape index (κ3) is 3.48. The van der Waals surface area contributed by atoms with Crippen molar-refractivity contribution in [3.05, 3.63) is 67.6 Å². The van der Waals surface area contributed by atoms with Crippen LogP contribution in [-0.2, 0) is 13.0 Å². The molecule has 6 heteroatoms. The Morgan fingerprint density at radius 2 is 1.92 bits per heavy atom. The number of rotatable bonds is 5. The quantitative estimate of drug-likeness (QED) is 0.512. The summed E-state index contributed by atoms with van der Waals surface area (Å²) in [5.74, 6) is 0.891. The highest BCUT2D eigenvalue weighted by atomic mass is 32.1. The first-order valence-corrected chi connectivity index (χ1v) is 10.2. The Morgan fingerprint density at radius 1 is 1.04 bits per heavy atom. The molecule has 0 radical (unpaired) electrons. The molecule has 3 aromatic heterocycles. The summed E-state index contributed by atoms with van der Waals surface area (Å²) >= 11 is 3.54. The predicted molar refractivity (Wildman–Crippen MR) is 110 cm³/mol. The normalized spacial score (nSPS) is 11.2. The first-order chi connectivity index (χ1) is 12.6. The number of anilines is 1. The molecule has 0 aliphatic heterocycles. The number of nitrogens with zero attached hydrogens (tertiary/aromatic N) is 3. The molecule has 132 valence electrons. The number of nitrogens with one attached hydrogen (secondary N) is 1. The molecule has 1 aromatic carbocycles. The van der Waals surface area contributed by atoms with Gasteiger partial charge in [0.1, 0.15) is 12.1 Å². The molecule has 0 fully saturated rings. The minimum Gasteiger partial charge on any atom is -0.365 e. The highest BCUT2D eigenvalue weighted by Crippen LogP contribution is 2.26. The molecule has 0 saturated heterocycles. The zero-order chi connectivity index (χ0) is 18.1. The lowest BCUT2D eigenvalue weighted by molar-refractivity contribution is 1.11. The molecular weight excluding hydrogens is 360 g/mol. The minimum atomic E-state index is 0.785. The summed E-state index contributed by atoms with van der Waals surface area (Å²) in [7, 11) is 0. The average molecular weight is 381 g/mol. The Kier molecular flexibility index (Phi) is 4.70. The zero-order valence-electron chi connectivity index (χ0n) is 15.0. The van der Waals surface area contributed by atoms with Crippen LogP contribution in [0.1, 0.15) is 31.6 Å². The Hall–Kier alpha value is -2.31. The van der Waals surface area contributed by atoms with Gasteiger partial charge in [-0.3, -0.25) is 0 Å². The molecule has 26 heavy (non-hydrogen) atoms. The molecule has 4 rings (SSSR count). The van der Waals surface area contributed by atoms with E-state index in [1.807, 2.05) is 0 Å². The van der Waals surface area contributed by atoms with E-state index in [1.54, 1.807) is 29.0 Å². The lowest BCUT2D eigenvalue weighted by Crippen LogP contribution is -2.02. The van der Waals surface area contributed by atoms with Crippen molar-refractivity contribution in [2.75, 3.05) is 5.32 Å². The molecule has 1 N–H and O–H groups in total. The van der Waals surface area contributed by atoms with Crippen molar-refractivity contribution in [1.29, 1.82) is 0 Å². The molecule has 0 unspecified atom stereocenters. The topological polar surface area (TPSA) is 50.7 Å². The van der Waals surface area contributed by atoms with Crippen LogP contribution >= 0.6 is 22.7 Å². The van der Waals surface area contributed by atoms with Gasteiger partial charge >= 0.3 is 0 Å². The van der Waals surface area contributed by atoms with E-state index >= 15 is 0 Å². The summed E-state index contributed by atoms with van der Waals surface area (Å²) in [6.45, 7) is 7.07. The van der Waals surface area contributed by atoms with Crippen LogP contribution in [0, 0.1) is 20.8 Å². The first kappa shape index (κ1) is 17.1. The molecule has 0 amide bonds. The SMILES string of the molecule is Cc1nc(C)c(Cc2ccc3ncnc(NCc4sccc4C)c3c2)s1. The van der Waals surface area contributed by atoms with Crippen LogP contribution in [0.3, 0.4) is 0 Å². The van der Waals surface area contributed by atoms with Gasteiger partial charge in [0.2, 0.25) is 0 Å². The smallest absolute Gasteiger partial charge is 0.137 e. The lowest BCUT2D eigenvalue weighted by atomic mass is 10.1. The molecule has 4 nitrogen and oxygen atoms in total. The van der Waals surface area contributed by atoms with Gasteiger partial charge in [-0.15, -0.1) is 22.7 Å². The Bertz CT molecular complexity index is 1060. The maximum atomic E-state index is 4.54. The van der Waals surface area contributed by atoms with Gasteiger partial charge in [-0.2, -0.15) is 0 Å². The van der Waals surface area contributed by atoms with Crippen molar-refractivity contribution in [2.45, 2.75) is 33.7 Å². The average Bonchev–Trinajstić information content (AvgIpc) is 3.17. The highest BCUT2D eigenvalue weighted by molar-refractivity contribution is 7.11. The number of hydrogen-bond acceptors (Lipinski definition) is 6. The third-order valence-corrected chi connectivity index (χ3v) is 6.54. The van der Waals surface area contributed by atoms with Crippen LogP contribution in [0.15, 0.2) is 36.0 Å². The second kappa shape index (κ2) is 7.13. The number of thiazole rings is 1. The van der Waals surface area contributed by atoms with E-state index in [4.69, 9.17) is 0 Å². The molecule has 4 aromatic rings.